The van der Waals surface area contributed by atoms with Crippen LogP contribution in [0, 0.1) is 0 Å². The largest absolute Gasteiger partial charge is 0.480 e. The fourth-order valence-electron chi connectivity index (χ4n) is 5.15. The predicted molar refractivity (Wildman–Crippen MR) is 199 cm³/mol. The van der Waals surface area contributed by atoms with Crippen LogP contribution in [0.4, 0.5) is 0 Å². The average Bonchev–Trinajstić information content (AvgIpc) is 3.08. The Labute approximate surface area is 297 Å². The highest BCUT2D eigenvalue weighted by molar-refractivity contribution is 5.87. The quantitative estimate of drug-likeness (QED) is 0.0308. The summed E-state index contributed by atoms with van der Waals surface area (Å²) in [6, 6.07) is -1.40. The SMILES string of the molecule is CC/C=C\C/C=C\C/C=C\C/C=C\C(CCCCCC(=O)NCC(=O)NC(CO)C(=O)O)OC(=O)CCCCCCCCCCCCCC. The summed E-state index contributed by atoms with van der Waals surface area (Å²) in [5, 5.41) is 22.5. The lowest BCUT2D eigenvalue weighted by molar-refractivity contribution is -0.147. The van der Waals surface area contributed by atoms with Crippen LogP contribution in [0.2, 0.25) is 0 Å². The summed E-state index contributed by atoms with van der Waals surface area (Å²) in [5.74, 6) is -2.50. The highest BCUT2D eigenvalue weighted by Crippen LogP contribution is 2.15. The number of esters is 1. The number of rotatable bonds is 33. The first-order chi connectivity index (χ1) is 23.8. The third kappa shape index (κ3) is 31.8. The van der Waals surface area contributed by atoms with Crippen molar-refractivity contribution in [1.82, 2.24) is 10.6 Å². The molecule has 0 rings (SSSR count). The van der Waals surface area contributed by atoms with Crippen LogP contribution in [0.1, 0.15) is 155 Å². The van der Waals surface area contributed by atoms with Crippen LogP contribution in [-0.4, -0.2) is 59.3 Å². The molecule has 0 aromatic carbocycles. The van der Waals surface area contributed by atoms with Crippen molar-refractivity contribution < 1.29 is 34.1 Å². The number of ether oxygens (including phenoxy) is 1. The van der Waals surface area contributed by atoms with E-state index in [1.165, 1.54) is 57.8 Å². The summed E-state index contributed by atoms with van der Waals surface area (Å²) < 4.78 is 5.84. The number of carbonyl (C=O) groups excluding carboxylic acids is 3. The standard InChI is InChI=1S/C40H68N2O7/c1-3-5-7-9-11-13-15-17-19-21-23-28-32-39(46)49-35(29-25-22-20-18-16-14-12-10-8-6-4-2)30-26-24-27-31-37(44)41-33-38(45)42-36(34-43)40(47)48/h6,8,12,14,18,20,25,29,35-36,43H,3-5,7,9-11,13,15-17,19,21-24,26-28,30-34H2,1-2H3,(H,41,44)(H,42,45)(H,47,48)/b8-6-,14-12-,20-18-,29-25-. The number of amides is 2. The Bertz CT molecular complexity index is 974. The number of aliphatic hydroxyl groups is 1. The third-order valence-corrected chi connectivity index (χ3v) is 8.07. The molecule has 0 aromatic rings. The molecule has 49 heavy (non-hydrogen) atoms. The Morgan fingerprint density at radius 1 is 0.633 bits per heavy atom. The van der Waals surface area contributed by atoms with Gasteiger partial charge in [0.05, 0.1) is 13.2 Å². The van der Waals surface area contributed by atoms with Gasteiger partial charge in [-0.05, 0) is 57.4 Å². The van der Waals surface area contributed by atoms with Crippen molar-refractivity contribution in [3.05, 3.63) is 48.6 Å². The zero-order chi connectivity index (χ0) is 36.2. The van der Waals surface area contributed by atoms with E-state index in [0.717, 1.165) is 57.8 Å². The van der Waals surface area contributed by atoms with Gasteiger partial charge in [0.15, 0.2) is 0 Å². The fraction of sp³-hybridized carbons (Fsp3) is 0.700. The van der Waals surface area contributed by atoms with Crippen LogP contribution in [0.3, 0.4) is 0 Å². The van der Waals surface area contributed by atoms with Crippen LogP contribution >= 0.6 is 0 Å². The molecule has 0 spiro atoms. The summed E-state index contributed by atoms with van der Waals surface area (Å²) in [5.41, 5.74) is 0. The maximum Gasteiger partial charge on any atom is 0.328 e. The van der Waals surface area contributed by atoms with Crippen molar-refractivity contribution in [1.29, 1.82) is 0 Å². The average molecular weight is 689 g/mol. The minimum Gasteiger partial charge on any atom is -0.480 e. The monoisotopic (exact) mass is 689 g/mol. The van der Waals surface area contributed by atoms with Crippen molar-refractivity contribution in [2.75, 3.05) is 13.2 Å². The van der Waals surface area contributed by atoms with Gasteiger partial charge in [-0.3, -0.25) is 14.4 Å². The van der Waals surface area contributed by atoms with Gasteiger partial charge in [-0.1, -0.05) is 133 Å². The number of nitrogens with one attached hydrogen (secondary N) is 2. The van der Waals surface area contributed by atoms with Crippen LogP contribution in [0.25, 0.3) is 0 Å². The van der Waals surface area contributed by atoms with Crippen molar-refractivity contribution in [2.24, 2.45) is 0 Å². The van der Waals surface area contributed by atoms with E-state index >= 15 is 0 Å². The van der Waals surface area contributed by atoms with E-state index in [-0.39, 0.29) is 30.9 Å². The van der Waals surface area contributed by atoms with Crippen molar-refractivity contribution in [3.63, 3.8) is 0 Å². The number of carboxylic acid groups (broad SMARTS) is 1. The highest BCUT2D eigenvalue weighted by atomic mass is 16.5. The molecule has 0 heterocycles. The van der Waals surface area contributed by atoms with Gasteiger partial charge in [0.2, 0.25) is 11.8 Å². The molecule has 2 atom stereocenters. The summed E-state index contributed by atoms with van der Waals surface area (Å²) >= 11 is 0. The number of aliphatic hydroxyl groups excluding tert-OH is 1. The van der Waals surface area contributed by atoms with Crippen molar-refractivity contribution in [2.45, 2.75) is 167 Å². The number of aliphatic carboxylic acids is 1. The fourth-order valence-corrected chi connectivity index (χ4v) is 5.15. The summed E-state index contributed by atoms with van der Waals surface area (Å²) in [4.78, 5) is 47.5. The lowest BCUT2D eigenvalue weighted by atomic mass is 10.0. The van der Waals surface area contributed by atoms with Crippen LogP contribution in [0.5, 0.6) is 0 Å². The minimum absolute atomic E-state index is 0.163. The van der Waals surface area contributed by atoms with Crippen LogP contribution in [-0.2, 0) is 23.9 Å². The zero-order valence-corrected chi connectivity index (χ0v) is 30.7. The van der Waals surface area contributed by atoms with Gasteiger partial charge in [0.25, 0.3) is 0 Å². The predicted octanol–water partition coefficient (Wildman–Crippen LogP) is 8.42. The molecule has 0 fully saturated rings. The first-order valence-electron chi connectivity index (χ1n) is 19.0. The highest BCUT2D eigenvalue weighted by Gasteiger charge is 2.18. The molecule has 0 saturated heterocycles. The Hall–Kier alpha value is -3.20. The van der Waals surface area contributed by atoms with Crippen LogP contribution in [0.15, 0.2) is 48.6 Å². The third-order valence-electron chi connectivity index (χ3n) is 8.07. The molecule has 0 saturated carbocycles. The molecule has 0 aromatic heterocycles. The molecular weight excluding hydrogens is 620 g/mol. The zero-order valence-electron chi connectivity index (χ0n) is 30.7. The van der Waals surface area contributed by atoms with Crippen LogP contribution < -0.4 is 10.6 Å². The van der Waals surface area contributed by atoms with E-state index in [0.29, 0.717) is 19.3 Å². The number of unbranched alkanes of at least 4 members (excludes halogenated alkanes) is 13. The lowest BCUT2D eigenvalue weighted by Gasteiger charge is -2.15. The molecule has 0 aliphatic rings. The number of carboxylic acids is 1. The van der Waals surface area contributed by atoms with Gasteiger partial charge in [-0.15, -0.1) is 0 Å². The second kappa shape index (κ2) is 34.7. The van der Waals surface area contributed by atoms with Crippen molar-refractivity contribution >= 4 is 23.8 Å². The molecule has 2 amide bonds. The Balaban J connectivity index is 4.51. The van der Waals surface area contributed by atoms with E-state index in [9.17, 15) is 19.2 Å². The van der Waals surface area contributed by atoms with E-state index in [2.05, 4.69) is 60.9 Å². The summed E-state index contributed by atoms with van der Waals surface area (Å²) in [6.07, 6.45) is 38.6. The molecule has 0 bridgehead atoms. The molecule has 2 unspecified atom stereocenters. The smallest absolute Gasteiger partial charge is 0.328 e. The molecule has 0 aliphatic heterocycles. The number of hydrogen-bond acceptors (Lipinski definition) is 6. The first kappa shape index (κ1) is 45.8. The van der Waals surface area contributed by atoms with E-state index < -0.39 is 24.5 Å². The van der Waals surface area contributed by atoms with E-state index in [1.54, 1.807) is 0 Å². The number of allylic oxidation sites excluding steroid dienone is 7. The Kier molecular flexibility index (Phi) is 32.4. The molecule has 9 heteroatoms. The lowest BCUT2D eigenvalue weighted by Crippen LogP contribution is -2.47. The second-order valence-corrected chi connectivity index (χ2v) is 12.6. The molecule has 4 N–H and O–H groups in total. The second-order valence-electron chi connectivity index (χ2n) is 12.6. The van der Waals surface area contributed by atoms with Gasteiger partial charge >= 0.3 is 11.9 Å². The van der Waals surface area contributed by atoms with Gasteiger partial charge in [-0.25, -0.2) is 4.79 Å². The van der Waals surface area contributed by atoms with Crippen molar-refractivity contribution in [3.8, 4) is 0 Å². The Morgan fingerprint density at radius 3 is 1.69 bits per heavy atom. The summed E-state index contributed by atoms with van der Waals surface area (Å²) in [6.45, 7) is 3.29. The molecule has 0 radical (unpaired) electrons. The van der Waals surface area contributed by atoms with Gasteiger partial charge in [-0.2, -0.15) is 0 Å². The molecule has 280 valence electrons. The first-order valence-corrected chi connectivity index (χ1v) is 19.0. The maximum absolute atomic E-state index is 12.7. The van der Waals surface area contributed by atoms with Gasteiger partial charge < -0.3 is 25.6 Å². The summed E-state index contributed by atoms with van der Waals surface area (Å²) in [7, 11) is 0. The van der Waals surface area contributed by atoms with E-state index in [4.69, 9.17) is 14.9 Å². The topological polar surface area (TPSA) is 142 Å². The van der Waals surface area contributed by atoms with Gasteiger partial charge in [0.1, 0.15) is 12.1 Å². The van der Waals surface area contributed by atoms with Gasteiger partial charge in [0, 0.05) is 12.8 Å². The Morgan fingerprint density at radius 2 is 1.14 bits per heavy atom. The normalized spacial score (nSPS) is 13.0. The number of carbonyl (C=O) groups is 4. The molecular formula is C40H68N2O7. The van der Waals surface area contributed by atoms with E-state index in [1.807, 2.05) is 12.2 Å². The molecule has 0 aliphatic carbocycles. The molecule has 9 nitrogen and oxygen atoms in total. The minimum atomic E-state index is -1.40. The maximum atomic E-state index is 12.7. The number of hydrogen-bond donors (Lipinski definition) is 4.